The molecule has 522 valence electrons. The Kier molecular flexibility index (Phi) is 38.7. The first-order valence-electron chi connectivity index (χ1n) is 33.1. The second-order valence-corrected chi connectivity index (χ2v) is 25.0. The van der Waals surface area contributed by atoms with E-state index in [1.54, 1.807) is 41.1 Å². The van der Waals surface area contributed by atoms with Gasteiger partial charge in [-0.1, -0.05) is 64.2 Å². The molecule has 0 radical (unpaired) electrons. The molecule has 3 heterocycles. The third-order valence-corrected chi connectivity index (χ3v) is 17.9. The molecule has 1 aliphatic carbocycles. The van der Waals surface area contributed by atoms with Crippen LogP contribution in [0.25, 0.3) is 0 Å². The molecule has 2 bridgehead atoms. The van der Waals surface area contributed by atoms with Gasteiger partial charge >= 0.3 is 5.97 Å². The number of rotatable bonds is 29. The molecule has 0 unspecified atom stereocenters. The molecule has 4 rings (SSSR count). The Labute approximate surface area is 547 Å². The van der Waals surface area contributed by atoms with Crippen LogP contribution in [-0.4, -0.2) is 242 Å². The van der Waals surface area contributed by atoms with Crippen molar-refractivity contribution in [1.29, 1.82) is 0 Å². The summed E-state index contributed by atoms with van der Waals surface area (Å²) in [5, 5.41) is 38.1. The average molecular weight is 1310 g/mol. The van der Waals surface area contributed by atoms with Crippen molar-refractivity contribution < 1.29 is 96.1 Å². The number of allylic oxidation sites excluding steroid dienone is 5. The number of nitrogens with one attached hydrogen (secondary N) is 1. The summed E-state index contributed by atoms with van der Waals surface area (Å²) in [6.07, 6.45) is 9.76. The third-order valence-electron chi connectivity index (χ3n) is 17.6. The topological polar surface area (TPSA) is 290 Å². The molecule has 0 aromatic heterocycles. The molecule has 0 aromatic rings. The van der Waals surface area contributed by atoms with E-state index in [1.807, 2.05) is 58.1 Å². The molecule has 1 amide bonds. The number of piperidine rings is 1. The van der Waals surface area contributed by atoms with E-state index in [-0.39, 0.29) is 48.6 Å². The number of ketones is 2. The van der Waals surface area contributed by atoms with Crippen molar-refractivity contribution in [2.75, 3.05) is 127 Å². The highest BCUT2D eigenvalue weighted by Gasteiger charge is 2.53. The van der Waals surface area contributed by atoms with Gasteiger partial charge in [-0.3, -0.25) is 14.4 Å². The molecule has 0 aromatic carbocycles. The number of carbonyl (C=O) groups excluding carboxylic acids is 4. The van der Waals surface area contributed by atoms with E-state index in [0.717, 1.165) is 5.57 Å². The van der Waals surface area contributed by atoms with Crippen molar-refractivity contribution in [3.63, 3.8) is 0 Å². The summed E-state index contributed by atoms with van der Waals surface area (Å²) in [5.41, 5.74) is 8.37. The number of hydrogen-bond acceptors (Lipinski definition) is 22. The molecule has 24 heteroatoms. The monoisotopic (exact) mass is 1310 g/mol. The molecule has 2 saturated heterocycles. The van der Waals surface area contributed by atoms with Gasteiger partial charge in [0.05, 0.1) is 110 Å². The van der Waals surface area contributed by atoms with Gasteiger partial charge < -0.3 is 92.8 Å². The number of esters is 1. The Morgan fingerprint density at radius 3 is 1.90 bits per heavy atom. The van der Waals surface area contributed by atoms with Crippen LogP contribution in [0, 0.1) is 29.6 Å². The average Bonchev–Trinajstić information content (AvgIpc) is 0.799. The molecule has 16 atom stereocenters. The van der Waals surface area contributed by atoms with Gasteiger partial charge in [0, 0.05) is 77.7 Å². The van der Waals surface area contributed by atoms with E-state index < -0.39 is 95.7 Å². The lowest BCUT2D eigenvalue weighted by Crippen LogP contribution is -2.61. The number of aliphatic hydroxyl groups is 3. The molecule has 6 N–H and O–H groups in total. The zero-order valence-electron chi connectivity index (χ0n) is 56.1. The molecule has 4 aliphatic rings. The van der Waals surface area contributed by atoms with Crippen LogP contribution in [0.1, 0.15) is 126 Å². The van der Waals surface area contributed by atoms with Gasteiger partial charge in [-0.2, -0.15) is 0 Å². The number of amides is 1. The van der Waals surface area contributed by atoms with Crippen molar-refractivity contribution in [2.45, 2.75) is 192 Å². The summed E-state index contributed by atoms with van der Waals surface area (Å²) < 4.78 is 75.3. The Balaban J connectivity index is 1.38. The molecule has 3 aliphatic heterocycles. The SMILES string of the molecule is CCOCCOCCOCCOCCOCCOCCOCCNC(=S)O[C@@H]1CC[C@@H](C[C@@H](N)[C@@H]2C[C@@H](OC)[C@H](C)/C=C(\C)[C@@H](O)[C@@H](O)C(=O)[C@H](C)C[C@H](C)/C=C/C=C/C=C(\C)[C@@H](OC)C[C@@H]3CC[C@@H](C)[C@@](O)(O3)C(=O)C(=O)N3CCCC[C@H]3C(=O)O2)C[C@H]1OC. The van der Waals surface area contributed by atoms with E-state index >= 15 is 0 Å². The summed E-state index contributed by atoms with van der Waals surface area (Å²) in [7, 11) is 4.70. The van der Waals surface area contributed by atoms with E-state index in [9.17, 15) is 34.5 Å². The summed E-state index contributed by atoms with van der Waals surface area (Å²) >= 11 is 5.58. The molecule has 3 fully saturated rings. The normalized spacial score (nSPS) is 33.0. The number of Topliss-reactive ketones (excluding diaryl/α,β-unsaturated/α-hetero) is 2. The van der Waals surface area contributed by atoms with Crippen LogP contribution in [0.15, 0.2) is 47.6 Å². The van der Waals surface area contributed by atoms with Crippen molar-refractivity contribution in [3.8, 4) is 0 Å². The number of ether oxygens (including phenoxy) is 13. The predicted molar refractivity (Wildman–Crippen MR) is 346 cm³/mol. The number of carbonyl (C=O) groups is 4. The fourth-order valence-corrected chi connectivity index (χ4v) is 12.3. The van der Waals surface area contributed by atoms with Gasteiger partial charge in [0.1, 0.15) is 30.5 Å². The first-order chi connectivity index (χ1) is 43.7. The maximum absolute atomic E-state index is 14.8. The van der Waals surface area contributed by atoms with Gasteiger partial charge in [0.25, 0.3) is 16.9 Å². The minimum absolute atomic E-state index is 0.00566. The third kappa shape index (κ3) is 27.9. The molecule has 1 saturated carbocycles. The summed E-state index contributed by atoms with van der Waals surface area (Å²) in [4.78, 5) is 58.5. The van der Waals surface area contributed by atoms with Crippen LogP contribution < -0.4 is 11.1 Å². The van der Waals surface area contributed by atoms with Gasteiger partial charge in [-0.25, -0.2) is 4.79 Å². The molecule has 0 spiro atoms. The Bertz CT molecular complexity index is 2260. The lowest BCUT2D eigenvalue weighted by atomic mass is 9.80. The van der Waals surface area contributed by atoms with Crippen LogP contribution >= 0.6 is 12.2 Å². The molecular weight excluding hydrogens is 1200 g/mol. The number of cyclic esters (lactones) is 1. The number of nitrogens with two attached hydrogens (primary N) is 1. The number of thiocarbonyl (C=S) groups is 1. The zero-order valence-corrected chi connectivity index (χ0v) is 57.0. The van der Waals surface area contributed by atoms with E-state index in [2.05, 4.69) is 5.32 Å². The second-order valence-electron chi connectivity index (χ2n) is 24.7. The van der Waals surface area contributed by atoms with Crippen LogP contribution in [-0.2, 0) is 80.8 Å². The van der Waals surface area contributed by atoms with Crippen molar-refractivity contribution in [2.24, 2.45) is 35.3 Å². The van der Waals surface area contributed by atoms with Crippen molar-refractivity contribution in [3.05, 3.63) is 47.6 Å². The number of aliphatic hydroxyl groups excluding tert-OH is 2. The minimum atomic E-state index is -2.46. The van der Waals surface area contributed by atoms with Crippen molar-refractivity contribution >= 4 is 40.8 Å². The smallest absolute Gasteiger partial charge is 0.329 e. The highest BCUT2D eigenvalue weighted by atomic mass is 32.1. The number of methoxy groups -OCH3 is 3. The van der Waals surface area contributed by atoms with Crippen LogP contribution in [0.5, 0.6) is 0 Å². The maximum atomic E-state index is 14.8. The van der Waals surface area contributed by atoms with Crippen LogP contribution in [0.3, 0.4) is 0 Å². The number of hydrogen-bond donors (Lipinski definition) is 5. The van der Waals surface area contributed by atoms with Crippen LogP contribution in [0.2, 0.25) is 0 Å². The summed E-state index contributed by atoms with van der Waals surface area (Å²) in [5.74, 6) is -7.70. The highest BCUT2D eigenvalue weighted by molar-refractivity contribution is 7.80. The zero-order chi connectivity index (χ0) is 66.7. The Morgan fingerprint density at radius 1 is 0.703 bits per heavy atom. The lowest BCUT2D eigenvalue weighted by Gasteiger charge is -2.43. The fraction of sp³-hybridized carbons (Fsp3) is 0.806. The molecule has 91 heavy (non-hydrogen) atoms. The van der Waals surface area contributed by atoms with E-state index in [4.69, 9.17) is 79.5 Å². The highest BCUT2D eigenvalue weighted by Crippen LogP contribution is 2.38. The molecule has 23 nitrogen and oxygen atoms in total. The Hall–Kier alpha value is -3.67. The summed E-state index contributed by atoms with van der Waals surface area (Å²) in [6.45, 7) is 20.0. The van der Waals surface area contributed by atoms with E-state index in [1.165, 1.54) is 12.0 Å². The first kappa shape index (κ1) is 79.8. The van der Waals surface area contributed by atoms with Crippen molar-refractivity contribution in [1.82, 2.24) is 10.2 Å². The number of fused-ring (bicyclic) bond motifs is 3. The van der Waals surface area contributed by atoms with Gasteiger partial charge in [0.2, 0.25) is 5.79 Å². The predicted octanol–water partition coefficient (Wildman–Crippen LogP) is 5.70. The van der Waals surface area contributed by atoms with E-state index in [0.29, 0.717) is 169 Å². The standard InChI is InChI=1S/C67H113N3O20S/c1-11-81-27-28-83-31-32-85-35-36-87-38-37-86-34-33-84-30-29-82-26-24-69-66(91)89-55-23-21-51(42-59(55)80-10)41-53(68)58-44-57(79-9)47(4)40-49(6)61(72)62(73)60(71)48(5)39-45(2)17-13-12-14-18-46(3)56(78-8)43-52-22-20-50(7)67(77,90-52)63(74)64(75)70-25-16-15-19-54(70)65(76)88-58/h12-14,17-18,40,45,47-48,50-59,61-62,72-73,77H,11,15-16,19-39,41-44,68H2,1-10H3,(H,69,91)/b14-12+,17-13+,46-18+,49-40+/t45-,47-,48-,50-,51+,52+,53-,54+,55-,56+,57-,58+,59-,61-,62+,67-/m1/s1. The van der Waals surface area contributed by atoms with Crippen LogP contribution in [0.4, 0.5) is 0 Å². The lowest BCUT2D eigenvalue weighted by molar-refractivity contribution is -0.265. The van der Waals surface area contributed by atoms with Gasteiger partial charge in [0.15, 0.2) is 5.78 Å². The largest absolute Gasteiger partial charge is 0.465 e. The minimum Gasteiger partial charge on any atom is -0.465 e. The fourth-order valence-electron chi connectivity index (χ4n) is 12.1. The quantitative estimate of drug-likeness (QED) is 0.0197. The maximum Gasteiger partial charge on any atom is 0.329 e. The van der Waals surface area contributed by atoms with Gasteiger partial charge in [-0.05, 0) is 120 Å². The second kappa shape index (κ2) is 44.1. The van der Waals surface area contributed by atoms with Gasteiger partial charge in [-0.15, -0.1) is 0 Å². The summed E-state index contributed by atoms with van der Waals surface area (Å²) in [6, 6.07) is -1.94. The first-order valence-corrected chi connectivity index (χ1v) is 33.5. The Morgan fingerprint density at radius 2 is 1.31 bits per heavy atom. The number of nitrogens with zero attached hydrogens (tertiary/aromatic N) is 1. The molecular formula is C67H113N3O20S.